The van der Waals surface area contributed by atoms with E-state index >= 15 is 0 Å². The van der Waals surface area contributed by atoms with Crippen molar-refractivity contribution in [1.29, 1.82) is 0 Å². The Balaban J connectivity index is 2.02. The minimum atomic E-state index is -0.484. The normalized spacial score (nSPS) is 24.4. The first-order chi connectivity index (χ1) is 10.1. The van der Waals surface area contributed by atoms with Crippen LogP contribution >= 0.6 is 0 Å². The highest BCUT2D eigenvalue weighted by atomic mass is 16.6. The first kappa shape index (κ1) is 13.5. The standard InChI is InChI=1S/C12H16N6O3/c1-13-12-15-6-9(18(20)21)10(16-12)17-4-2-3-7-8(17)5-14-11(7)19/h6-8H,2-5H2,1H3,(H,14,19)(H,13,15,16). The zero-order valence-electron chi connectivity index (χ0n) is 11.6. The molecule has 1 aromatic heterocycles. The third kappa shape index (κ3) is 2.24. The van der Waals surface area contributed by atoms with Crippen molar-refractivity contribution in [2.24, 2.45) is 5.92 Å². The van der Waals surface area contributed by atoms with E-state index < -0.39 is 4.92 Å². The number of rotatable bonds is 3. The van der Waals surface area contributed by atoms with E-state index in [1.165, 1.54) is 6.20 Å². The third-order valence-electron chi connectivity index (χ3n) is 4.04. The van der Waals surface area contributed by atoms with Crippen molar-refractivity contribution in [2.45, 2.75) is 18.9 Å². The van der Waals surface area contributed by atoms with Crippen molar-refractivity contribution in [3.05, 3.63) is 16.3 Å². The first-order valence-corrected chi connectivity index (χ1v) is 6.85. The van der Waals surface area contributed by atoms with E-state index in [1.807, 2.05) is 4.90 Å². The minimum absolute atomic E-state index is 0.0234. The van der Waals surface area contributed by atoms with Gasteiger partial charge in [-0.2, -0.15) is 4.98 Å². The zero-order chi connectivity index (χ0) is 15.0. The van der Waals surface area contributed by atoms with Crippen LogP contribution in [0.25, 0.3) is 0 Å². The average molecular weight is 292 g/mol. The van der Waals surface area contributed by atoms with Crippen molar-refractivity contribution in [3.63, 3.8) is 0 Å². The summed E-state index contributed by atoms with van der Waals surface area (Å²) in [4.78, 5) is 32.6. The number of aromatic nitrogens is 2. The van der Waals surface area contributed by atoms with E-state index in [2.05, 4.69) is 20.6 Å². The zero-order valence-corrected chi connectivity index (χ0v) is 11.6. The largest absolute Gasteiger partial charge is 0.357 e. The molecule has 0 bridgehead atoms. The van der Waals surface area contributed by atoms with Gasteiger partial charge in [0.2, 0.25) is 17.7 Å². The van der Waals surface area contributed by atoms with Gasteiger partial charge in [0.25, 0.3) is 0 Å². The van der Waals surface area contributed by atoms with Gasteiger partial charge in [0.15, 0.2) is 0 Å². The van der Waals surface area contributed by atoms with E-state index in [1.54, 1.807) is 7.05 Å². The number of piperidine rings is 1. The maximum absolute atomic E-state index is 11.8. The fourth-order valence-electron chi connectivity index (χ4n) is 3.04. The third-order valence-corrected chi connectivity index (χ3v) is 4.04. The molecule has 2 unspecified atom stereocenters. The Labute approximate surface area is 120 Å². The number of hydrogen-bond acceptors (Lipinski definition) is 7. The summed E-state index contributed by atoms with van der Waals surface area (Å²) in [6, 6.07) is -0.0791. The lowest BCUT2D eigenvalue weighted by molar-refractivity contribution is -0.384. The summed E-state index contributed by atoms with van der Waals surface area (Å²) < 4.78 is 0. The molecule has 0 spiro atoms. The van der Waals surface area contributed by atoms with E-state index in [9.17, 15) is 14.9 Å². The molecule has 0 saturated carbocycles. The second kappa shape index (κ2) is 5.15. The van der Waals surface area contributed by atoms with Crippen molar-refractivity contribution >= 4 is 23.4 Å². The quantitative estimate of drug-likeness (QED) is 0.601. The summed E-state index contributed by atoms with van der Waals surface area (Å²) >= 11 is 0. The number of carbonyl (C=O) groups is 1. The van der Waals surface area contributed by atoms with Crippen molar-refractivity contribution in [3.8, 4) is 0 Å². The van der Waals surface area contributed by atoms with Crippen LogP contribution < -0.4 is 15.5 Å². The van der Waals surface area contributed by atoms with Gasteiger partial charge in [-0.25, -0.2) is 4.98 Å². The topological polar surface area (TPSA) is 113 Å². The Hall–Kier alpha value is -2.45. The number of carbonyl (C=O) groups excluding carboxylic acids is 1. The molecule has 0 aromatic carbocycles. The molecule has 112 valence electrons. The van der Waals surface area contributed by atoms with Crippen LogP contribution in [0.1, 0.15) is 12.8 Å². The van der Waals surface area contributed by atoms with Gasteiger partial charge in [-0.3, -0.25) is 14.9 Å². The van der Waals surface area contributed by atoms with Crippen LogP contribution in [0.4, 0.5) is 17.5 Å². The number of anilines is 2. The molecule has 2 aliphatic rings. The van der Waals surface area contributed by atoms with E-state index in [0.717, 1.165) is 12.8 Å². The van der Waals surface area contributed by atoms with Crippen LogP contribution in [0.5, 0.6) is 0 Å². The van der Waals surface area contributed by atoms with Gasteiger partial charge < -0.3 is 15.5 Å². The van der Waals surface area contributed by atoms with Crippen LogP contribution in [0.15, 0.2) is 6.20 Å². The van der Waals surface area contributed by atoms with Crippen LogP contribution in [-0.4, -0.2) is 47.0 Å². The maximum atomic E-state index is 11.8. The number of nitrogens with zero attached hydrogens (tertiary/aromatic N) is 4. The molecule has 1 amide bonds. The van der Waals surface area contributed by atoms with E-state index in [-0.39, 0.29) is 29.4 Å². The number of fused-ring (bicyclic) bond motifs is 1. The summed E-state index contributed by atoms with van der Waals surface area (Å²) in [6.45, 7) is 1.15. The van der Waals surface area contributed by atoms with Crippen LogP contribution in [0, 0.1) is 16.0 Å². The molecule has 1 aromatic rings. The summed E-state index contributed by atoms with van der Waals surface area (Å²) in [7, 11) is 1.66. The minimum Gasteiger partial charge on any atom is -0.357 e. The second-order valence-corrected chi connectivity index (χ2v) is 5.16. The lowest BCUT2D eigenvalue weighted by Gasteiger charge is -2.36. The molecule has 9 heteroatoms. The SMILES string of the molecule is CNc1ncc([N+](=O)[O-])c(N2CCCC3C(=O)NCC32)n1. The molecule has 2 saturated heterocycles. The Morgan fingerprint density at radius 3 is 3.10 bits per heavy atom. The number of amides is 1. The lowest BCUT2D eigenvalue weighted by atomic mass is 9.91. The highest BCUT2D eigenvalue weighted by Gasteiger charge is 2.43. The van der Waals surface area contributed by atoms with Crippen LogP contribution in [0.3, 0.4) is 0 Å². The Morgan fingerprint density at radius 2 is 2.38 bits per heavy atom. The molecule has 2 fully saturated rings. The van der Waals surface area contributed by atoms with Gasteiger partial charge in [-0.15, -0.1) is 0 Å². The number of nitro groups is 1. The van der Waals surface area contributed by atoms with Crippen molar-refractivity contribution < 1.29 is 9.72 Å². The predicted octanol–water partition coefficient (Wildman–Crippen LogP) is 0.141. The fourth-order valence-corrected chi connectivity index (χ4v) is 3.04. The van der Waals surface area contributed by atoms with E-state index in [0.29, 0.717) is 19.0 Å². The van der Waals surface area contributed by atoms with Gasteiger partial charge in [-0.1, -0.05) is 0 Å². The highest BCUT2D eigenvalue weighted by Crippen LogP contribution is 2.35. The van der Waals surface area contributed by atoms with Crippen LogP contribution in [0.2, 0.25) is 0 Å². The molecule has 0 aliphatic carbocycles. The molecule has 3 rings (SSSR count). The average Bonchev–Trinajstić information content (AvgIpc) is 2.88. The van der Waals surface area contributed by atoms with Gasteiger partial charge in [0.1, 0.15) is 6.20 Å². The molecule has 2 aliphatic heterocycles. The molecular formula is C12H16N6O3. The fraction of sp³-hybridized carbons (Fsp3) is 0.583. The molecular weight excluding hydrogens is 276 g/mol. The first-order valence-electron chi connectivity index (χ1n) is 6.85. The van der Waals surface area contributed by atoms with Gasteiger partial charge in [-0.05, 0) is 12.8 Å². The molecule has 0 radical (unpaired) electrons. The number of nitrogens with one attached hydrogen (secondary N) is 2. The Kier molecular flexibility index (Phi) is 3.32. The van der Waals surface area contributed by atoms with E-state index in [4.69, 9.17) is 0 Å². The monoisotopic (exact) mass is 292 g/mol. The summed E-state index contributed by atoms with van der Waals surface area (Å²) in [5, 5.41) is 16.8. The number of hydrogen-bond donors (Lipinski definition) is 2. The maximum Gasteiger partial charge on any atom is 0.329 e. The van der Waals surface area contributed by atoms with Crippen molar-refractivity contribution in [1.82, 2.24) is 15.3 Å². The van der Waals surface area contributed by atoms with Crippen LogP contribution in [-0.2, 0) is 4.79 Å². The Morgan fingerprint density at radius 1 is 1.57 bits per heavy atom. The molecule has 2 atom stereocenters. The summed E-state index contributed by atoms with van der Waals surface area (Å²) in [5.74, 6) is 0.516. The Bertz CT molecular complexity index is 592. The second-order valence-electron chi connectivity index (χ2n) is 5.16. The summed E-state index contributed by atoms with van der Waals surface area (Å²) in [6.07, 6.45) is 2.83. The highest BCUT2D eigenvalue weighted by molar-refractivity contribution is 5.83. The van der Waals surface area contributed by atoms with Crippen molar-refractivity contribution in [2.75, 3.05) is 30.4 Å². The van der Waals surface area contributed by atoms with Gasteiger partial charge in [0.05, 0.1) is 16.9 Å². The van der Waals surface area contributed by atoms with Gasteiger partial charge >= 0.3 is 5.69 Å². The lowest BCUT2D eigenvalue weighted by Crippen LogP contribution is -2.46. The summed E-state index contributed by atoms with van der Waals surface area (Å²) in [5.41, 5.74) is -0.131. The molecule has 9 nitrogen and oxygen atoms in total. The predicted molar refractivity (Wildman–Crippen MR) is 75.1 cm³/mol. The molecule has 2 N–H and O–H groups in total. The smallest absolute Gasteiger partial charge is 0.329 e. The molecule has 3 heterocycles. The molecule has 21 heavy (non-hydrogen) atoms. The van der Waals surface area contributed by atoms with Gasteiger partial charge in [0, 0.05) is 20.1 Å².